The minimum absolute atomic E-state index is 0.0333. The molecule has 0 bridgehead atoms. The molecule has 1 aliphatic rings. The summed E-state index contributed by atoms with van der Waals surface area (Å²) >= 11 is 0. The van der Waals surface area contributed by atoms with E-state index >= 15 is 0 Å². The Bertz CT molecular complexity index is 1020. The Labute approximate surface area is 174 Å². The minimum Gasteiger partial charge on any atom is -0.481 e. The van der Waals surface area contributed by atoms with E-state index in [1.807, 2.05) is 11.0 Å². The number of aryl methyl sites for hydroxylation is 1. The second kappa shape index (κ2) is 9.23. The molecule has 30 heavy (non-hydrogen) atoms. The molecule has 0 spiro atoms. The lowest BCUT2D eigenvalue weighted by molar-refractivity contribution is -0.137. The van der Waals surface area contributed by atoms with Gasteiger partial charge in [0.25, 0.3) is 11.8 Å². The van der Waals surface area contributed by atoms with Gasteiger partial charge in [0.05, 0.1) is 24.1 Å². The number of carboxylic acids is 1. The molecule has 7 heteroatoms. The van der Waals surface area contributed by atoms with Gasteiger partial charge in [-0.3, -0.25) is 14.4 Å². The van der Waals surface area contributed by atoms with Crippen molar-refractivity contribution in [2.75, 3.05) is 13.1 Å². The van der Waals surface area contributed by atoms with Crippen molar-refractivity contribution in [3.8, 4) is 6.07 Å². The molecule has 1 saturated heterocycles. The molecule has 1 fully saturated rings. The van der Waals surface area contributed by atoms with Crippen molar-refractivity contribution >= 4 is 17.8 Å². The van der Waals surface area contributed by atoms with Crippen LogP contribution in [0.2, 0.25) is 0 Å². The van der Waals surface area contributed by atoms with Gasteiger partial charge in [-0.1, -0.05) is 12.1 Å². The maximum Gasteiger partial charge on any atom is 0.305 e. The summed E-state index contributed by atoms with van der Waals surface area (Å²) < 4.78 is 0. The number of carbonyl (C=O) groups is 3. The Morgan fingerprint density at radius 2 is 1.90 bits per heavy atom. The van der Waals surface area contributed by atoms with E-state index in [0.29, 0.717) is 27.8 Å². The molecule has 7 nitrogen and oxygen atoms in total. The molecule has 1 heterocycles. The molecule has 0 saturated carbocycles. The molecule has 0 aliphatic carbocycles. The fourth-order valence-corrected chi connectivity index (χ4v) is 3.63. The Balaban J connectivity index is 1.80. The van der Waals surface area contributed by atoms with E-state index in [-0.39, 0.29) is 12.3 Å². The van der Waals surface area contributed by atoms with E-state index in [2.05, 4.69) is 5.32 Å². The number of aliphatic carboxylic acids is 1. The Hall–Kier alpha value is -3.66. The zero-order valence-corrected chi connectivity index (χ0v) is 16.7. The summed E-state index contributed by atoms with van der Waals surface area (Å²) in [7, 11) is 0. The zero-order valence-electron chi connectivity index (χ0n) is 16.7. The molecular formula is C23H23N3O4. The van der Waals surface area contributed by atoms with Crippen molar-refractivity contribution in [3.63, 3.8) is 0 Å². The van der Waals surface area contributed by atoms with Crippen LogP contribution in [-0.4, -0.2) is 40.9 Å². The maximum absolute atomic E-state index is 12.8. The van der Waals surface area contributed by atoms with Crippen molar-refractivity contribution in [2.24, 2.45) is 0 Å². The topological polar surface area (TPSA) is 110 Å². The number of hydrogen-bond acceptors (Lipinski definition) is 4. The number of nitrogens with zero attached hydrogens (tertiary/aromatic N) is 2. The van der Waals surface area contributed by atoms with Crippen LogP contribution in [0.1, 0.15) is 62.7 Å². The van der Waals surface area contributed by atoms with E-state index in [0.717, 1.165) is 25.9 Å². The number of nitrogens with one attached hydrogen (secondary N) is 1. The number of amides is 2. The minimum atomic E-state index is -1.06. The number of rotatable bonds is 6. The predicted octanol–water partition coefficient (Wildman–Crippen LogP) is 3.05. The number of carboxylic acid groups (broad SMARTS) is 1. The molecular weight excluding hydrogens is 382 g/mol. The summed E-state index contributed by atoms with van der Waals surface area (Å²) in [6.45, 7) is 3.28. The number of carbonyl (C=O) groups excluding carboxylic acids is 2. The van der Waals surface area contributed by atoms with Gasteiger partial charge >= 0.3 is 5.97 Å². The molecule has 2 N–H and O–H groups in total. The lowest BCUT2D eigenvalue weighted by atomic mass is 10.00. The second-order valence-corrected chi connectivity index (χ2v) is 7.39. The number of benzene rings is 2. The van der Waals surface area contributed by atoms with Crippen molar-refractivity contribution < 1.29 is 19.5 Å². The van der Waals surface area contributed by atoms with Crippen molar-refractivity contribution in [1.82, 2.24) is 10.2 Å². The van der Waals surface area contributed by atoms with Crippen LogP contribution in [0.25, 0.3) is 0 Å². The third-order valence-electron chi connectivity index (χ3n) is 5.21. The maximum atomic E-state index is 12.8. The van der Waals surface area contributed by atoms with Crippen molar-refractivity contribution in [1.29, 1.82) is 5.26 Å². The normalized spacial score (nSPS) is 14.1. The summed E-state index contributed by atoms with van der Waals surface area (Å²) in [5, 5.41) is 21.1. The molecule has 154 valence electrons. The van der Waals surface area contributed by atoms with Crippen LogP contribution in [-0.2, 0) is 4.79 Å². The summed E-state index contributed by atoms with van der Waals surface area (Å²) in [6.07, 6.45) is 1.69. The Morgan fingerprint density at radius 1 is 1.17 bits per heavy atom. The van der Waals surface area contributed by atoms with E-state index < -0.39 is 17.9 Å². The first kappa shape index (κ1) is 21.1. The smallest absolute Gasteiger partial charge is 0.305 e. The first-order chi connectivity index (χ1) is 14.4. The first-order valence-electron chi connectivity index (χ1n) is 9.81. The summed E-state index contributed by atoms with van der Waals surface area (Å²) in [5.74, 6) is -1.54. The molecule has 1 aliphatic heterocycles. The monoisotopic (exact) mass is 405 g/mol. The quantitative estimate of drug-likeness (QED) is 0.767. The van der Waals surface area contributed by atoms with Gasteiger partial charge in [-0.15, -0.1) is 0 Å². The molecule has 2 aromatic carbocycles. The third kappa shape index (κ3) is 4.84. The number of hydrogen-bond donors (Lipinski definition) is 2. The standard InChI is InChI=1S/C23H23N3O4/c1-15-11-18(7-8-19(15)23(30)26-9-2-3-10-26)22(29)25-20(13-21(27)28)17-6-4-5-16(12-17)14-24/h4-8,11-12,20H,2-3,9-10,13H2,1H3,(H,25,29)(H,27,28). The molecule has 3 rings (SSSR count). The van der Waals surface area contributed by atoms with Crippen LogP contribution < -0.4 is 5.32 Å². The van der Waals surface area contributed by atoms with Gasteiger partial charge in [-0.2, -0.15) is 5.26 Å². The summed E-state index contributed by atoms with van der Waals surface area (Å²) in [6, 6.07) is 12.6. The Kier molecular flexibility index (Phi) is 6.48. The molecule has 2 aromatic rings. The second-order valence-electron chi connectivity index (χ2n) is 7.39. The number of likely N-dealkylation sites (tertiary alicyclic amines) is 1. The lowest BCUT2D eigenvalue weighted by Gasteiger charge is -2.19. The zero-order chi connectivity index (χ0) is 21.7. The molecule has 1 atom stereocenters. The van der Waals surface area contributed by atoms with Gasteiger partial charge in [-0.05, 0) is 61.2 Å². The molecule has 0 aromatic heterocycles. The van der Waals surface area contributed by atoms with Gasteiger partial charge in [0.2, 0.25) is 0 Å². The van der Waals surface area contributed by atoms with Gasteiger partial charge < -0.3 is 15.3 Å². The van der Waals surface area contributed by atoms with Crippen LogP contribution in [0.4, 0.5) is 0 Å². The fraction of sp³-hybridized carbons (Fsp3) is 0.304. The lowest BCUT2D eigenvalue weighted by Crippen LogP contribution is -2.31. The van der Waals surface area contributed by atoms with Gasteiger partial charge in [0, 0.05) is 24.2 Å². The highest BCUT2D eigenvalue weighted by atomic mass is 16.4. The average Bonchev–Trinajstić information content (AvgIpc) is 3.27. The molecule has 2 amide bonds. The van der Waals surface area contributed by atoms with E-state index in [4.69, 9.17) is 5.26 Å². The van der Waals surface area contributed by atoms with Crippen molar-refractivity contribution in [3.05, 3.63) is 70.3 Å². The summed E-state index contributed by atoms with van der Waals surface area (Å²) in [4.78, 5) is 38.5. The summed E-state index contributed by atoms with van der Waals surface area (Å²) in [5.41, 5.74) is 2.54. The molecule has 0 radical (unpaired) electrons. The average molecular weight is 405 g/mol. The first-order valence-corrected chi connectivity index (χ1v) is 9.81. The van der Waals surface area contributed by atoms with E-state index in [1.54, 1.807) is 49.4 Å². The van der Waals surface area contributed by atoms with Gasteiger partial charge in [0.1, 0.15) is 0 Å². The van der Waals surface area contributed by atoms with E-state index in [9.17, 15) is 19.5 Å². The van der Waals surface area contributed by atoms with Crippen molar-refractivity contribution in [2.45, 2.75) is 32.2 Å². The van der Waals surface area contributed by atoms with Crippen LogP contribution in [0.15, 0.2) is 42.5 Å². The number of nitriles is 1. The highest BCUT2D eigenvalue weighted by Gasteiger charge is 2.23. The Morgan fingerprint density at radius 3 is 2.53 bits per heavy atom. The highest BCUT2D eigenvalue weighted by Crippen LogP contribution is 2.21. The van der Waals surface area contributed by atoms with Crippen LogP contribution in [0.5, 0.6) is 0 Å². The van der Waals surface area contributed by atoms with Crippen LogP contribution in [0.3, 0.4) is 0 Å². The molecule has 1 unspecified atom stereocenters. The SMILES string of the molecule is Cc1cc(C(=O)NC(CC(=O)O)c2cccc(C#N)c2)ccc1C(=O)N1CCCC1. The highest BCUT2D eigenvalue weighted by molar-refractivity contribution is 5.99. The van der Waals surface area contributed by atoms with Gasteiger partial charge in [-0.25, -0.2) is 0 Å². The fourth-order valence-electron chi connectivity index (χ4n) is 3.63. The van der Waals surface area contributed by atoms with Crippen LogP contribution >= 0.6 is 0 Å². The van der Waals surface area contributed by atoms with Crippen LogP contribution in [0, 0.1) is 18.3 Å². The van der Waals surface area contributed by atoms with E-state index in [1.165, 1.54) is 0 Å². The largest absolute Gasteiger partial charge is 0.481 e. The third-order valence-corrected chi connectivity index (χ3v) is 5.21. The predicted molar refractivity (Wildman–Crippen MR) is 110 cm³/mol. The van der Waals surface area contributed by atoms with Gasteiger partial charge in [0.15, 0.2) is 0 Å².